The lowest BCUT2D eigenvalue weighted by Crippen LogP contribution is -2.11. The van der Waals surface area contributed by atoms with Crippen LogP contribution < -0.4 is 9.46 Å². The molecule has 7 nitrogen and oxygen atoms in total. The van der Waals surface area contributed by atoms with Crippen LogP contribution in [0, 0.1) is 0 Å². The zero-order valence-electron chi connectivity index (χ0n) is 13.3. The van der Waals surface area contributed by atoms with E-state index in [2.05, 4.69) is 14.9 Å². The first-order valence-corrected chi connectivity index (χ1v) is 10.0. The zero-order chi connectivity index (χ0) is 17.4. The summed E-state index contributed by atoms with van der Waals surface area (Å²) >= 11 is 1.11. The molecule has 0 atom stereocenters. The van der Waals surface area contributed by atoms with Gasteiger partial charge in [-0.15, -0.1) is 11.3 Å². The fraction of sp³-hybridized carbons (Fsp3) is 0.250. The van der Waals surface area contributed by atoms with Gasteiger partial charge in [0.05, 0.1) is 7.11 Å². The molecule has 0 aliphatic heterocycles. The monoisotopic (exact) mass is 377 g/mol. The van der Waals surface area contributed by atoms with Crippen molar-refractivity contribution in [2.24, 2.45) is 0 Å². The molecular formula is C16H15N3O4S2. The molecule has 0 unspecified atom stereocenters. The molecule has 0 spiro atoms. The summed E-state index contributed by atoms with van der Waals surface area (Å²) in [6, 6.07) is 8.23. The number of rotatable bonds is 6. The van der Waals surface area contributed by atoms with Gasteiger partial charge < -0.3 is 9.26 Å². The maximum absolute atomic E-state index is 12.5. The number of nitrogens with zero attached hydrogens (tertiary/aromatic N) is 2. The van der Waals surface area contributed by atoms with Gasteiger partial charge in [-0.1, -0.05) is 5.16 Å². The number of nitrogens with one attached hydrogen (secondary N) is 1. The Morgan fingerprint density at radius 3 is 2.72 bits per heavy atom. The largest absolute Gasteiger partial charge is 0.497 e. The van der Waals surface area contributed by atoms with Crippen molar-refractivity contribution >= 4 is 27.0 Å². The van der Waals surface area contributed by atoms with E-state index < -0.39 is 10.0 Å². The van der Waals surface area contributed by atoms with Gasteiger partial charge in [0.1, 0.15) is 9.96 Å². The lowest BCUT2D eigenvalue weighted by Gasteiger charge is -2.06. The Labute approximate surface area is 148 Å². The Morgan fingerprint density at radius 2 is 2.04 bits per heavy atom. The highest BCUT2D eigenvalue weighted by Crippen LogP contribution is 2.40. The van der Waals surface area contributed by atoms with Crippen molar-refractivity contribution in [1.29, 1.82) is 0 Å². The van der Waals surface area contributed by atoms with Crippen molar-refractivity contribution in [3.8, 4) is 17.1 Å². The minimum Gasteiger partial charge on any atom is -0.497 e. The van der Waals surface area contributed by atoms with E-state index in [4.69, 9.17) is 9.26 Å². The maximum Gasteiger partial charge on any atom is 0.271 e. The van der Waals surface area contributed by atoms with Gasteiger partial charge in [0.25, 0.3) is 10.0 Å². The van der Waals surface area contributed by atoms with Crippen molar-refractivity contribution in [3.05, 3.63) is 41.6 Å². The van der Waals surface area contributed by atoms with Crippen molar-refractivity contribution < 1.29 is 17.7 Å². The molecule has 130 valence electrons. The van der Waals surface area contributed by atoms with Gasteiger partial charge in [-0.25, -0.2) is 8.42 Å². The topological polar surface area (TPSA) is 94.3 Å². The number of benzene rings is 1. The Balaban J connectivity index is 1.54. The molecule has 0 saturated heterocycles. The first-order valence-electron chi connectivity index (χ1n) is 7.64. The SMILES string of the molecule is COc1ccc(NS(=O)(=O)c2cc(-c3noc(C4CC4)n3)cs2)cc1. The molecular weight excluding hydrogens is 362 g/mol. The van der Waals surface area contributed by atoms with Crippen LogP contribution in [0.2, 0.25) is 0 Å². The fourth-order valence-electron chi connectivity index (χ4n) is 2.29. The molecule has 25 heavy (non-hydrogen) atoms. The van der Waals surface area contributed by atoms with Crippen molar-refractivity contribution in [1.82, 2.24) is 10.1 Å². The van der Waals surface area contributed by atoms with E-state index in [-0.39, 0.29) is 4.21 Å². The normalized spacial score (nSPS) is 14.4. The molecule has 1 aliphatic carbocycles. The average molecular weight is 377 g/mol. The molecule has 0 amide bonds. The molecule has 9 heteroatoms. The highest BCUT2D eigenvalue weighted by molar-refractivity contribution is 7.94. The second kappa shape index (κ2) is 6.16. The summed E-state index contributed by atoms with van der Waals surface area (Å²) in [6.07, 6.45) is 2.13. The fourth-order valence-corrected chi connectivity index (χ4v) is 4.50. The third kappa shape index (κ3) is 3.38. The van der Waals surface area contributed by atoms with E-state index in [1.54, 1.807) is 42.8 Å². The van der Waals surface area contributed by atoms with Gasteiger partial charge in [-0.2, -0.15) is 4.98 Å². The smallest absolute Gasteiger partial charge is 0.271 e. The lowest BCUT2D eigenvalue weighted by molar-refractivity contribution is 0.380. The van der Waals surface area contributed by atoms with Crippen LogP contribution in [0.15, 0.2) is 44.4 Å². The average Bonchev–Trinajstić information content (AvgIpc) is 3.12. The Bertz CT molecular complexity index is 989. The summed E-state index contributed by atoms with van der Waals surface area (Å²) < 4.78 is 38.1. The van der Waals surface area contributed by atoms with Crippen molar-refractivity contribution in [2.45, 2.75) is 23.0 Å². The molecule has 1 fully saturated rings. The van der Waals surface area contributed by atoms with Gasteiger partial charge in [-0.05, 0) is 43.2 Å². The second-order valence-electron chi connectivity index (χ2n) is 5.72. The number of ether oxygens (including phenoxy) is 1. The van der Waals surface area contributed by atoms with Gasteiger partial charge in [0.15, 0.2) is 0 Å². The first kappa shape index (κ1) is 16.1. The third-order valence-corrected chi connectivity index (χ3v) is 6.63. The Morgan fingerprint density at radius 1 is 1.28 bits per heavy atom. The number of aromatic nitrogens is 2. The van der Waals surface area contributed by atoms with E-state index in [9.17, 15) is 8.42 Å². The van der Waals surface area contributed by atoms with Crippen molar-refractivity contribution in [2.75, 3.05) is 11.8 Å². The van der Waals surface area contributed by atoms with Gasteiger partial charge >= 0.3 is 0 Å². The number of hydrogen-bond donors (Lipinski definition) is 1. The molecule has 1 aromatic carbocycles. The van der Waals surface area contributed by atoms with Crippen LogP contribution in [0.4, 0.5) is 5.69 Å². The summed E-state index contributed by atoms with van der Waals surface area (Å²) in [5.74, 6) is 2.07. The Kier molecular flexibility index (Phi) is 3.97. The maximum atomic E-state index is 12.5. The Hall–Kier alpha value is -2.39. The van der Waals surface area contributed by atoms with E-state index >= 15 is 0 Å². The summed E-state index contributed by atoms with van der Waals surface area (Å²) in [5, 5.41) is 5.65. The van der Waals surface area contributed by atoms with Gasteiger partial charge in [0.2, 0.25) is 11.7 Å². The van der Waals surface area contributed by atoms with Crippen LogP contribution >= 0.6 is 11.3 Å². The van der Waals surface area contributed by atoms with Crippen LogP contribution in [0.1, 0.15) is 24.7 Å². The van der Waals surface area contributed by atoms with Gasteiger partial charge in [0, 0.05) is 22.5 Å². The molecule has 0 radical (unpaired) electrons. The number of methoxy groups -OCH3 is 1. The quantitative estimate of drug-likeness (QED) is 0.707. The molecule has 1 aliphatic rings. The highest BCUT2D eigenvalue weighted by Gasteiger charge is 2.30. The number of sulfonamides is 1. The minimum absolute atomic E-state index is 0.191. The molecule has 3 aromatic rings. The second-order valence-corrected chi connectivity index (χ2v) is 8.54. The summed E-state index contributed by atoms with van der Waals surface area (Å²) in [7, 11) is -2.12. The highest BCUT2D eigenvalue weighted by atomic mass is 32.2. The van der Waals surface area contributed by atoms with Crippen LogP contribution in [0.5, 0.6) is 5.75 Å². The molecule has 0 bridgehead atoms. The third-order valence-electron chi connectivity index (χ3n) is 3.81. The van der Waals surface area contributed by atoms with Crippen LogP contribution in [-0.4, -0.2) is 25.7 Å². The summed E-state index contributed by atoms with van der Waals surface area (Å²) in [5.41, 5.74) is 1.10. The first-order chi connectivity index (χ1) is 12.0. The molecule has 1 N–H and O–H groups in total. The van der Waals surface area contributed by atoms with E-state index in [0.29, 0.717) is 34.6 Å². The minimum atomic E-state index is -3.68. The number of anilines is 1. The number of thiophene rings is 1. The standard InChI is InChI=1S/C16H15N3O4S2/c1-22-13-6-4-12(5-7-13)19-25(20,21)14-8-11(9-24-14)15-17-16(23-18-15)10-2-3-10/h4-10,19H,2-3H2,1H3. The summed E-state index contributed by atoms with van der Waals surface area (Å²) in [4.78, 5) is 4.34. The number of hydrogen-bond acceptors (Lipinski definition) is 7. The summed E-state index contributed by atoms with van der Waals surface area (Å²) in [6.45, 7) is 0. The van der Waals surface area contributed by atoms with E-state index in [0.717, 1.165) is 24.2 Å². The molecule has 2 aromatic heterocycles. The molecule has 4 rings (SSSR count). The molecule has 2 heterocycles. The van der Waals surface area contributed by atoms with E-state index in [1.807, 2.05) is 0 Å². The van der Waals surface area contributed by atoms with Crippen LogP contribution in [-0.2, 0) is 10.0 Å². The van der Waals surface area contributed by atoms with E-state index in [1.165, 1.54) is 0 Å². The predicted octanol–water partition coefficient (Wildman–Crippen LogP) is 3.48. The molecule has 1 saturated carbocycles. The zero-order valence-corrected chi connectivity index (χ0v) is 14.9. The lowest BCUT2D eigenvalue weighted by atomic mass is 10.3. The predicted molar refractivity (Wildman–Crippen MR) is 93.4 cm³/mol. The van der Waals surface area contributed by atoms with Crippen molar-refractivity contribution in [3.63, 3.8) is 0 Å². The van der Waals surface area contributed by atoms with Gasteiger partial charge in [-0.3, -0.25) is 4.72 Å². The van der Waals surface area contributed by atoms with Crippen LogP contribution in [0.25, 0.3) is 11.4 Å². The van der Waals surface area contributed by atoms with Crippen LogP contribution in [0.3, 0.4) is 0 Å².